The Morgan fingerprint density at radius 3 is 2.29 bits per heavy atom. The van der Waals surface area contributed by atoms with Crippen molar-refractivity contribution in [2.24, 2.45) is 5.73 Å². The second kappa shape index (κ2) is 4.91. The molecule has 0 radical (unpaired) electrons. The van der Waals surface area contributed by atoms with E-state index in [1.165, 1.54) is 12.1 Å². The van der Waals surface area contributed by atoms with Gasteiger partial charge >= 0.3 is 0 Å². The zero-order valence-electron chi connectivity index (χ0n) is 8.00. The van der Waals surface area contributed by atoms with Crippen molar-refractivity contribution in [3.63, 3.8) is 0 Å². The summed E-state index contributed by atoms with van der Waals surface area (Å²) in [5.74, 6) is 0. The Hall–Kier alpha value is -1.16. The topological polar surface area (TPSA) is 38.0 Å². The lowest BCUT2D eigenvalue weighted by Gasteiger charge is -2.12. The van der Waals surface area contributed by atoms with Crippen molar-refractivity contribution >= 4 is 5.69 Å². The normalized spacial score (nSPS) is 12.9. The minimum Gasteiger partial charge on any atom is -0.381 e. The summed E-state index contributed by atoms with van der Waals surface area (Å²) in [5.41, 5.74) is 6.27. The van der Waals surface area contributed by atoms with Gasteiger partial charge in [-0.05, 0) is 19.1 Å². The molecule has 1 unspecified atom stereocenters. The van der Waals surface area contributed by atoms with Gasteiger partial charge in [-0.25, -0.2) is 8.78 Å². The molecule has 14 heavy (non-hydrogen) atoms. The molecular weight excluding hydrogens is 186 g/mol. The predicted octanol–water partition coefficient (Wildman–Crippen LogP) is 2.38. The van der Waals surface area contributed by atoms with E-state index in [1.807, 2.05) is 6.92 Å². The Morgan fingerprint density at radius 1 is 1.29 bits per heavy atom. The minimum atomic E-state index is -2.41. The molecule has 0 saturated carbocycles. The van der Waals surface area contributed by atoms with E-state index in [0.29, 0.717) is 6.54 Å². The number of hydrogen-bond acceptors (Lipinski definition) is 2. The van der Waals surface area contributed by atoms with Crippen molar-refractivity contribution in [3.8, 4) is 0 Å². The highest BCUT2D eigenvalue weighted by Crippen LogP contribution is 2.20. The van der Waals surface area contributed by atoms with Crippen molar-refractivity contribution in [1.29, 1.82) is 0 Å². The maximum Gasteiger partial charge on any atom is 0.263 e. The zero-order valence-corrected chi connectivity index (χ0v) is 8.00. The molecule has 2 nitrogen and oxygen atoms in total. The average Bonchev–Trinajstić information content (AvgIpc) is 2.18. The highest BCUT2D eigenvalue weighted by molar-refractivity contribution is 5.45. The van der Waals surface area contributed by atoms with Crippen molar-refractivity contribution in [2.75, 3.05) is 11.9 Å². The summed E-state index contributed by atoms with van der Waals surface area (Å²) in [5, 5.41) is 3.09. The van der Waals surface area contributed by atoms with Crippen LogP contribution in [0.15, 0.2) is 24.3 Å². The Labute approximate surface area is 82.1 Å². The molecule has 0 bridgehead atoms. The Morgan fingerprint density at radius 2 is 1.86 bits per heavy atom. The SMILES string of the molecule is CC(CN)Nc1ccc(C(F)F)cc1. The molecule has 0 aromatic heterocycles. The summed E-state index contributed by atoms with van der Waals surface area (Å²) in [4.78, 5) is 0. The molecule has 1 rings (SSSR count). The van der Waals surface area contributed by atoms with Crippen LogP contribution in [-0.2, 0) is 0 Å². The third-order valence-corrected chi connectivity index (χ3v) is 1.93. The van der Waals surface area contributed by atoms with E-state index < -0.39 is 6.43 Å². The number of anilines is 1. The van der Waals surface area contributed by atoms with Crippen LogP contribution in [0.25, 0.3) is 0 Å². The fraction of sp³-hybridized carbons (Fsp3) is 0.400. The fourth-order valence-corrected chi connectivity index (χ4v) is 1.07. The molecule has 3 N–H and O–H groups in total. The molecule has 0 heterocycles. The first kappa shape index (κ1) is 10.9. The maximum atomic E-state index is 12.2. The van der Waals surface area contributed by atoms with Crippen molar-refractivity contribution < 1.29 is 8.78 Å². The fourth-order valence-electron chi connectivity index (χ4n) is 1.07. The first-order valence-corrected chi connectivity index (χ1v) is 4.48. The van der Waals surface area contributed by atoms with Crippen molar-refractivity contribution in [2.45, 2.75) is 19.4 Å². The van der Waals surface area contributed by atoms with E-state index >= 15 is 0 Å². The van der Waals surface area contributed by atoms with Crippen molar-refractivity contribution in [3.05, 3.63) is 29.8 Å². The van der Waals surface area contributed by atoms with Crippen LogP contribution < -0.4 is 11.1 Å². The van der Waals surface area contributed by atoms with E-state index in [1.54, 1.807) is 12.1 Å². The Bertz CT molecular complexity index is 272. The van der Waals surface area contributed by atoms with Crippen LogP contribution in [0, 0.1) is 0 Å². The molecule has 0 aliphatic carbocycles. The van der Waals surface area contributed by atoms with Gasteiger partial charge in [0.15, 0.2) is 0 Å². The molecule has 0 amide bonds. The summed E-state index contributed by atoms with van der Waals surface area (Å²) >= 11 is 0. The molecule has 0 saturated heterocycles. The van der Waals surface area contributed by atoms with Gasteiger partial charge < -0.3 is 11.1 Å². The number of halogens is 2. The van der Waals surface area contributed by atoms with Gasteiger partial charge in [0.05, 0.1) is 0 Å². The van der Waals surface area contributed by atoms with Gasteiger partial charge in [0.25, 0.3) is 6.43 Å². The molecular formula is C10H14F2N2. The highest BCUT2D eigenvalue weighted by Gasteiger charge is 2.06. The number of benzene rings is 1. The molecule has 0 aliphatic heterocycles. The monoisotopic (exact) mass is 200 g/mol. The predicted molar refractivity (Wildman–Crippen MR) is 53.5 cm³/mol. The van der Waals surface area contributed by atoms with Crippen LogP contribution in [0.2, 0.25) is 0 Å². The lowest BCUT2D eigenvalue weighted by Crippen LogP contribution is -2.25. The third-order valence-electron chi connectivity index (χ3n) is 1.93. The summed E-state index contributed by atoms with van der Waals surface area (Å²) in [6.07, 6.45) is -2.41. The summed E-state index contributed by atoms with van der Waals surface area (Å²) < 4.78 is 24.4. The van der Waals surface area contributed by atoms with Crippen LogP contribution in [-0.4, -0.2) is 12.6 Å². The average molecular weight is 200 g/mol. The van der Waals surface area contributed by atoms with E-state index in [0.717, 1.165) is 5.69 Å². The second-order valence-electron chi connectivity index (χ2n) is 3.20. The maximum absolute atomic E-state index is 12.2. The van der Waals surface area contributed by atoms with Gasteiger partial charge in [0, 0.05) is 23.8 Å². The molecule has 0 aliphatic rings. The standard InChI is InChI=1S/C10H14F2N2/c1-7(6-13)14-9-4-2-8(3-5-9)10(11)12/h2-5,7,10,14H,6,13H2,1H3. The second-order valence-corrected chi connectivity index (χ2v) is 3.20. The quantitative estimate of drug-likeness (QED) is 0.783. The van der Waals surface area contributed by atoms with E-state index in [2.05, 4.69) is 5.32 Å². The highest BCUT2D eigenvalue weighted by atomic mass is 19.3. The summed E-state index contributed by atoms with van der Waals surface area (Å²) in [7, 11) is 0. The Kier molecular flexibility index (Phi) is 3.83. The molecule has 1 aromatic rings. The summed E-state index contributed by atoms with van der Waals surface area (Å²) in [6.45, 7) is 2.44. The van der Waals surface area contributed by atoms with Crippen molar-refractivity contribution in [1.82, 2.24) is 0 Å². The number of rotatable bonds is 4. The first-order chi connectivity index (χ1) is 6.63. The smallest absolute Gasteiger partial charge is 0.263 e. The number of nitrogens with two attached hydrogens (primary N) is 1. The summed E-state index contributed by atoms with van der Waals surface area (Å²) in [6, 6.07) is 6.24. The number of hydrogen-bond donors (Lipinski definition) is 2. The largest absolute Gasteiger partial charge is 0.381 e. The van der Waals surface area contributed by atoms with Crippen LogP contribution in [0.5, 0.6) is 0 Å². The van der Waals surface area contributed by atoms with E-state index in [-0.39, 0.29) is 11.6 Å². The molecule has 4 heteroatoms. The number of nitrogens with one attached hydrogen (secondary N) is 1. The van der Waals surface area contributed by atoms with Crippen LogP contribution in [0.4, 0.5) is 14.5 Å². The van der Waals surface area contributed by atoms with Gasteiger partial charge in [0.2, 0.25) is 0 Å². The molecule has 1 aromatic carbocycles. The van der Waals surface area contributed by atoms with Gasteiger partial charge in [0.1, 0.15) is 0 Å². The lowest BCUT2D eigenvalue weighted by molar-refractivity contribution is 0.151. The van der Waals surface area contributed by atoms with Gasteiger partial charge in [-0.2, -0.15) is 0 Å². The van der Waals surface area contributed by atoms with Crippen LogP contribution in [0.3, 0.4) is 0 Å². The number of alkyl halides is 2. The van der Waals surface area contributed by atoms with Gasteiger partial charge in [-0.15, -0.1) is 0 Å². The molecule has 1 atom stereocenters. The first-order valence-electron chi connectivity index (χ1n) is 4.48. The van der Waals surface area contributed by atoms with Crippen LogP contribution in [0.1, 0.15) is 18.9 Å². The van der Waals surface area contributed by atoms with Gasteiger partial charge in [-0.3, -0.25) is 0 Å². The lowest BCUT2D eigenvalue weighted by atomic mass is 10.2. The van der Waals surface area contributed by atoms with Gasteiger partial charge in [-0.1, -0.05) is 12.1 Å². The molecule has 0 fully saturated rings. The zero-order chi connectivity index (χ0) is 10.6. The van der Waals surface area contributed by atoms with E-state index in [4.69, 9.17) is 5.73 Å². The third kappa shape index (κ3) is 2.96. The Balaban J connectivity index is 2.64. The van der Waals surface area contributed by atoms with E-state index in [9.17, 15) is 8.78 Å². The molecule has 78 valence electrons. The minimum absolute atomic E-state index is 0.0379. The van der Waals surface area contributed by atoms with Crippen LogP contribution >= 0.6 is 0 Å². The molecule has 0 spiro atoms.